The van der Waals surface area contributed by atoms with Crippen LogP contribution in [0, 0.1) is 12.8 Å². The predicted octanol–water partition coefficient (Wildman–Crippen LogP) is 1.12. The number of carbonyl (C=O) groups is 2. The van der Waals surface area contributed by atoms with Gasteiger partial charge in [0.05, 0.1) is 0 Å². The molecular formula is C13H18N2O2. The van der Waals surface area contributed by atoms with Gasteiger partial charge in [0, 0.05) is 18.9 Å². The molecule has 0 heterocycles. The molecule has 1 aromatic carbocycles. The number of nitrogens with one attached hydrogen (secondary N) is 1. The van der Waals surface area contributed by atoms with Crippen LogP contribution in [-0.2, 0) is 16.1 Å². The van der Waals surface area contributed by atoms with Crippen LogP contribution in [0.15, 0.2) is 24.3 Å². The molecule has 2 amide bonds. The molecule has 4 nitrogen and oxygen atoms in total. The largest absolute Gasteiger partial charge is 0.369 e. The van der Waals surface area contributed by atoms with E-state index in [-0.39, 0.29) is 12.3 Å². The molecule has 0 saturated heterocycles. The number of primary amides is 1. The number of hydrogen-bond acceptors (Lipinski definition) is 2. The molecule has 0 spiro atoms. The first-order chi connectivity index (χ1) is 7.99. The Balaban J connectivity index is 2.38. The van der Waals surface area contributed by atoms with Gasteiger partial charge in [0.1, 0.15) is 0 Å². The number of hydrogen-bond donors (Lipinski definition) is 2. The fourth-order valence-electron chi connectivity index (χ4n) is 1.36. The van der Waals surface area contributed by atoms with Crippen molar-refractivity contribution in [1.29, 1.82) is 0 Å². The van der Waals surface area contributed by atoms with Crippen molar-refractivity contribution in [2.45, 2.75) is 26.8 Å². The lowest BCUT2D eigenvalue weighted by Gasteiger charge is -2.08. The van der Waals surface area contributed by atoms with Gasteiger partial charge in [-0.05, 0) is 12.5 Å². The van der Waals surface area contributed by atoms with E-state index in [2.05, 4.69) is 5.32 Å². The Bertz CT molecular complexity index is 398. The molecule has 0 aliphatic carbocycles. The predicted molar refractivity (Wildman–Crippen MR) is 66.0 cm³/mol. The van der Waals surface area contributed by atoms with E-state index in [9.17, 15) is 9.59 Å². The van der Waals surface area contributed by atoms with E-state index in [1.165, 1.54) is 5.56 Å². The number of benzene rings is 1. The fraction of sp³-hybridized carbons (Fsp3) is 0.385. The minimum absolute atomic E-state index is 0.140. The maximum atomic E-state index is 11.5. The van der Waals surface area contributed by atoms with Crippen molar-refractivity contribution >= 4 is 11.8 Å². The molecule has 0 fully saturated rings. The van der Waals surface area contributed by atoms with E-state index in [0.29, 0.717) is 6.54 Å². The second-order valence-electron chi connectivity index (χ2n) is 4.27. The van der Waals surface area contributed by atoms with Crippen LogP contribution in [0.3, 0.4) is 0 Å². The Morgan fingerprint density at radius 3 is 2.41 bits per heavy atom. The molecule has 0 bridgehead atoms. The van der Waals surface area contributed by atoms with Crippen LogP contribution in [0.5, 0.6) is 0 Å². The number of rotatable bonds is 5. The minimum atomic E-state index is -0.449. The second-order valence-corrected chi connectivity index (χ2v) is 4.27. The summed E-state index contributed by atoms with van der Waals surface area (Å²) in [5.41, 5.74) is 7.31. The number of nitrogens with two attached hydrogens (primary N) is 1. The van der Waals surface area contributed by atoms with E-state index in [0.717, 1.165) is 5.56 Å². The van der Waals surface area contributed by atoms with E-state index in [4.69, 9.17) is 5.73 Å². The first-order valence-corrected chi connectivity index (χ1v) is 5.60. The van der Waals surface area contributed by atoms with Gasteiger partial charge in [-0.15, -0.1) is 0 Å². The Hall–Kier alpha value is -1.84. The lowest BCUT2D eigenvalue weighted by Crippen LogP contribution is -2.29. The molecule has 1 atom stereocenters. The quantitative estimate of drug-likeness (QED) is 0.801. The van der Waals surface area contributed by atoms with Gasteiger partial charge in [0.25, 0.3) is 0 Å². The molecule has 1 rings (SSSR count). The Morgan fingerprint density at radius 1 is 1.29 bits per heavy atom. The van der Waals surface area contributed by atoms with E-state index < -0.39 is 11.8 Å². The third-order valence-corrected chi connectivity index (χ3v) is 2.59. The van der Waals surface area contributed by atoms with Crippen LogP contribution < -0.4 is 11.1 Å². The molecule has 4 heteroatoms. The highest BCUT2D eigenvalue weighted by Gasteiger charge is 2.13. The number of aryl methyl sites for hydroxylation is 1. The Morgan fingerprint density at radius 2 is 1.88 bits per heavy atom. The fourth-order valence-corrected chi connectivity index (χ4v) is 1.36. The van der Waals surface area contributed by atoms with Crippen LogP contribution in [0.25, 0.3) is 0 Å². The van der Waals surface area contributed by atoms with E-state index >= 15 is 0 Å². The van der Waals surface area contributed by atoms with Crippen molar-refractivity contribution in [1.82, 2.24) is 5.32 Å². The maximum Gasteiger partial charge on any atom is 0.221 e. The molecule has 0 radical (unpaired) electrons. The number of amides is 2. The summed E-state index contributed by atoms with van der Waals surface area (Å²) >= 11 is 0. The van der Waals surface area contributed by atoms with Gasteiger partial charge in [-0.25, -0.2) is 0 Å². The van der Waals surface area contributed by atoms with Crippen molar-refractivity contribution in [3.05, 3.63) is 35.4 Å². The minimum Gasteiger partial charge on any atom is -0.369 e. The first kappa shape index (κ1) is 13.2. The highest BCUT2D eigenvalue weighted by Crippen LogP contribution is 2.04. The second kappa shape index (κ2) is 6.03. The smallest absolute Gasteiger partial charge is 0.221 e. The van der Waals surface area contributed by atoms with Gasteiger partial charge < -0.3 is 11.1 Å². The summed E-state index contributed by atoms with van der Waals surface area (Å²) in [7, 11) is 0. The van der Waals surface area contributed by atoms with Crippen LogP contribution >= 0.6 is 0 Å². The van der Waals surface area contributed by atoms with Gasteiger partial charge in [-0.3, -0.25) is 9.59 Å². The summed E-state index contributed by atoms with van der Waals surface area (Å²) in [6, 6.07) is 7.92. The van der Waals surface area contributed by atoms with Crippen molar-refractivity contribution < 1.29 is 9.59 Å². The van der Waals surface area contributed by atoms with Crippen molar-refractivity contribution in [2.75, 3.05) is 0 Å². The SMILES string of the molecule is Cc1ccc(CNC(=O)CC(C)C(N)=O)cc1. The van der Waals surface area contributed by atoms with Crippen molar-refractivity contribution in [3.8, 4) is 0 Å². The van der Waals surface area contributed by atoms with Crippen molar-refractivity contribution in [2.24, 2.45) is 11.7 Å². The molecule has 0 aromatic heterocycles. The van der Waals surface area contributed by atoms with Gasteiger partial charge in [0.15, 0.2) is 0 Å². The molecule has 3 N–H and O–H groups in total. The monoisotopic (exact) mass is 234 g/mol. The van der Waals surface area contributed by atoms with Crippen LogP contribution in [0.1, 0.15) is 24.5 Å². The summed E-state index contributed by atoms with van der Waals surface area (Å²) in [6.45, 7) is 4.13. The Kier molecular flexibility index (Phi) is 4.69. The highest BCUT2D eigenvalue weighted by molar-refractivity contribution is 5.84. The van der Waals surface area contributed by atoms with Gasteiger partial charge in [-0.1, -0.05) is 36.8 Å². The zero-order valence-corrected chi connectivity index (χ0v) is 10.2. The molecule has 0 aliphatic heterocycles. The van der Waals surface area contributed by atoms with Crippen molar-refractivity contribution in [3.63, 3.8) is 0 Å². The standard InChI is InChI=1S/C13H18N2O2/c1-9-3-5-11(6-4-9)8-15-12(16)7-10(2)13(14)17/h3-6,10H,7-8H2,1-2H3,(H2,14,17)(H,15,16). The van der Waals surface area contributed by atoms with Gasteiger partial charge in [-0.2, -0.15) is 0 Å². The molecule has 0 saturated carbocycles. The van der Waals surface area contributed by atoms with E-state index in [1.54, 1.807) is 6.92 Å². The topological polar surface area (TPSA) is 72.2 Å². The Labute approximate surface area is 101 Å². The third-order valence-electron chi connectivity index (χ3n) is 2.59. The summed E-state index contributed by atoms with van der Waals surface area (Å²) in [5.74, 6) is -1.03. The third kappa shape index (κ3) is 4.68. The number of carbonyl (C=O) groups excluding carboxylic acids is 2. The van der Waals surface area contributed by atoms with Crippen LogP contribution in [0.2, 0.25) is 0 Å². The summed E-state index contributed by atoms with van der Waals surface area (Å²) in [6.07, 6.45) is 0.140. The van der Waals surface area contributed by atoms with Crippen LogP contribution in [-0.4, -0.2) is 11.8 Å². The summed E-state index contributed by atoms with van der Waals surface area (Å²) in [4.78, 5) is 22.3. The average molecular weight is 234 g/mol. The van der Waals surface area contributed by atoms with E-state index in [1.807, 2.05) is 31.2 Å². The summed E-state index contributed by atoms with van der Waals surface area (Å²) in [5, 5.41) is 2.76. The molecule has 0 aliphatic rings. The summed E-state index contributed by atoms with van der Waals surface area (Å²) < 4.78 is 0. The average Bonchev–Trinajstić information content (AvgIpc) is 2.28. The molecular weight excluding hydrogens is 216 g/mol. The highest BCUT2D eigenvalue weighted by atomic mass is 16.2. The maximum absolute atomic E-state index is 11.5. The molecule has 1 aromatic rings. The lowest BCUT2D eigenvalue weighted by atomic mass is 10.1. The normalized spacial score (nSPS) is 11.9. The molecule has 92 valence electrons. The zero-order chi connectivity index (χ0) is 12.8. The van der Waals surface area contributed by atoms with Gasteiger partial charge >= 0.3 is 0 Å². The van der Waals surface area contributed by atoms with Gasteiger partial charge in [0.2, 0.25) is 11.8 Å². The first-order valence-electron chi connectivity index (χ1n) is 5.60. The zero-order valence-electron chi connectivity index (χ0n) is 10.2. The lowest BCUT2D eigenvalue weighted by molar-refractivity contribution is -0.128. The molecule has 1 unspecified atom stereocenters. The van der Waals surface area contributed by atoms with Crippen LogP contribution in [0.4, 0.5) is 0 Å². The molecule has 17 heavy (non-hydrogen) atoms.